The lowest BCUT2D eigenvalue weighted by molar-refractivity contribution is -0.117. The molecule has 7 heteroatoms. The first-order valence-corrected chi connectivity index (χ1v) is 9.96. The molecule has 0 spiro atoms. The van der Waals surface area contributed by atoms with Crippen LogP contribution in [0.3, 0.4) is 0 Å². The smallest absolute Gasteiger partial charge is 0.247 e. The number of carbonyl (C=O) groups excluding carboxylic acids is 1. The highest BCUT2D eigenvalue weighted by molar-refractivity contribution is 7.16. The second-order valence-corrected chi connectivity index (χ2v) is 7.97. The summed E-state index contributed by atoms with van der Waals surface area (Å²) in [4.78, 5) is 26.9. The number of rotatable bonds is 4. The highest BCUT2D eigenvalue weighted by Crippen LogP contribution is 2.32. The number of aryl methyl sites for hydroxylation is 1. The standard InChI is InChI=1S/C20H23N5OS/c1-13-11-14(6-7-16(13)24(2)3)23-19(26)17-5-4-9-25(17)18-15-8-10-27-20(15)22-12-21-18/h6-8,10-12,17H,4-5,9H2,1-3H3,(H,23,26)/t17-/m0/s1. The second-order valence-electron chi connectivity index (χ2n) is 7.07. The Balaban J connectivity index is 1.56. The van der Waals surface area contributed by atoms with Crippen molar-refractivity contribution >= 4 is 44.7 Å². The van der Waals surface area contributed by atoms with Gasteiger partial charge < -0.3 is 15.1 Å². The van der Waals surface area contributed by atoms with Crippen LogP contribution >= 0.6 is 11.3 Å². The largest absolute Gasteiger partial charge is 0.377 e. The van der Waals surface area contributed by atoms with Crippen molar-refractivity contribution in [2.45, 2.75) is 25.8 Å². The van der Waals surface area contributed by atoms with Gasteiger partial charge in [-0.15, -0.1) is 11.3 Å². The van der Waals surface area contributed by atoms with Gasteiger partial charge in [-0.05, 0) is 55.0 Å². The number of carbonyl (C=O) groups is 1. The van der Waals surface area contributed by atoms with Crippen molar-refractivity contribution in [2.75, 3.05) is 35.8 Å². The molecular weight excluding hydrogens is 358 g/mol. The Labute approximate surface area is 162 Å². The van der Waals surface area contributed by atoms with Crippen LogP contribution in [-0.4, -0.2) is 42.6 Å². The van der Waals surface area contributed by atoms with Crippen molar-refractivity contribution in [1.29, 1.82) is 0 Å². The van der Waals surface area contributed by atoms with Gasteiger partial charge in [0.1, 0.15) is 23.0 Å². The number of thiophene rings is 1. The van der Waals surface area contributed by atoms with Crippen LogP contribution in [-0.2, 0) is 4.79 Å². The summed E-state index contributed by atoms with van der Waals surface area (Å²) in [6.45, 7) is 2.89. The van der Waals surface area contributed by atoms with Gasteiger partial charge in [0.2, 0.25) is 5.91 Å². The van der Waals surface area contributed by atoms with Gasteiger partial charge in [0.15, 0.2) is 0 Å². The van der Waals surface area contributed by atoms with E-state index in [0.717, 1.165) is 52.4 Å². The van der Waals surface area contributed by atoms with Crippen molar-refractivity contribution in [1.82, 2.24) is 9.97 Å². The lowest BCUT2D eigenvalue weighted by Crippen LogP contribution is -2.40. The molecule has 6 nitrogen and oxygen atoms in total. The van der Waals surface area contributed by atoms with Gasteiger partial charge in [-0.2, -0.15) is 0 Å². The molecule has 1 amide bonds. The molecule has 0 bridgehead atoms. The molecule has 0 radical (unpaired) electrons. The highest BCUT2D eigenvalue weighted by atomic mass is 32.1. The van der Waals surface area contributed by atoms with E-state index in [1.807, 2.05) is 43.7 Å². The van der Waals surface area contributed by atoms with E-state index in [4.69, 9.17) is 0 Å². The Bertz CT molecular complexity index is 983. The number of hydrogen-bond donors (Lipinski definition) is 1. The number of nitrogens with one attached hydrogen (secondary N) is 1. The second kappa shape index (κ2) is 7.15. The van der Waals surface area contributed by atoms with Gasteiger partial charge in [-0.3, -0.25) is 4.79 Å². The fourth-order valence-corrected chi connectivity index (χ4v) is 4.49. The molecule has 0 saturated carbocycles. The highest BCUT2D eigenvalue weighted by Gasteiger charge is 2.32. The molecular formula is C20H23N5OS. The lowest BCUT2D eigenvalue weighted by Gasteiger charge is -2.25. The third kappa shape index (κ3) is 3.35. The van der Waals surface area contributed by atoms with Crippen LogP contribution in [0.15, 0.2) is 36.0 Å². The average Bonchev–Trinajstić information content (AvgIpc) is 3.30. The molecule has 2 aromatic heterocycles. The van der Waals surface area contributed by atoms with Crippen LogP contribution in [0.5, 0.6) is 0 Å². The Morgan fingerprint density at radius 1 is 1.30 bits per heavy atom. The van der Waals surface area contributed by atoms with Gasteiger partial charge in [-0.1, -0.05) is 0 Å². The first kappa shape index (κ1) is 17.7. The number of nitrogens with zero attached hydrogens (tertiary/aromatic N) is 4. The summed E-state index contributed by atoms with van der Waals surface area (Å²) >= 11 is 1.60. The van der Waals surface area contributed by atoms with E-state index in [1.165, 1.54) is 0 Å². The summed E-state index contributed by atoms with van der Waals surface area (Å²) in [5.41, 5.74) is 3.12. The molecule has 4 rings (SSSR count). The molecule has 27 heavy (non-hydrogen) atoms. The maximum Gasteiger partial charge on any atom is 0.247 e. The summed E-state index contributed by atoms with van der Waals surface area (Å²) in [5, 5.41) is 6.13. The quantitative estimate of drug-likeness (QED) is 0.747. The van der Waals surface area contributed by atoms with E-state index < -0.39 is 0 Å². The van der Waals surface area contributed by atoms with Crippen molar-refractivity contribution in [3.63, 3.8) is 0 Å². The normalized spacial score (nSPS) is 16.7. The van der Waals surface area contributed by atoms with Crippen molar-refractivity contribution in [2.24, 2.45) is 0 Å². The molecule has 1 aliphatic rings. The van der Waals surface area contributed by atoms with Crippen LogP contribution in [0.25, 0.3) is 10.2 Å². The Morgan fingerprint density at radius 2 is 2.15 bits per heavy atom. The third-order valence-electron chi connectivity index (χ3n) is 5.01. The molecule has 0 aliphatic carbocycles. The van der Waals surface area contributed by atoms with Gasteiger partial charge in [0.05, 0.1) is 5.39 Å². The van der Waals surface area contributed by atoms with Gasteiger partial charge in [-0.25, -0.2) is 9.97 Å². The van der Waals surface area contributed by atoms with Gasteiger partial charge in [0, 0.05) is 32.0 Å². The number of hydrogen-bond acceptors (Lipinski definition) is 6. The fourth-order valence-electron chi connectivity index (χ4n) is 3.76. The number of anilines is 3. The predicted octanol–water partition coefficient (Wildman–Crippen LogP) is 3.67. The molecule has 140 valence electrons. The molecule has 1 aromatic carbocycles. The minimum atomic E-state index is -0.211. The van der Waals surface area contributed by atoms with E-state index in [1.54, 1.807) is 17.7 Å². The average molecular weight is 382 g/mol. The van der Waals surface area contributed by atoms with Crippen LogP contribution in [0.1, 0.15) is 18.4 Å². The number of amides is 1. The molecule has 1 atom stereocenters. The summed E-state index contributed by atoms with van der Waals surface area (Å²) in [5.74, 6) is 0.879. The van der Waals surface area contributed by atoms with Crippen LogP contribution in [0.2, 0.25) is 0 Å². The molecule has 1 saturated heterocycles. The third-order valence-corrected chi connectivity index (χ3v) is 5.84. The first-order chi connectivity index (χ1) is 13.0. The summed E-state index contributed by atoms with van der Waals surface area (Å²) < 4.78 is 0. The molecule has 0 unspecified atom stereocenters. The SMILES string of the molecule is Cc1cc(NC(=O)[C@@H]2CCCN2c2ncnc3sccc23)ccc1N(C)C. The Kier molecular flexibility index (Phi) is 4.70. The van der Waals surface area contributed by atoms with Gasteiger partial charge in [0.25, 0.3) is 0 Å². The summed E-state index contributed by atoms with van der Waals surface area (Å²) in [6, 6.07) is 7.84. The zero-order chi connectivity index (χ0) is 19.0. The maximum absolute atomic E-state index is 13.0. The molecule has 3 aromatic rings. The number of fused-ring (bicyclic) bond motifs is 1. The first-order valence-electron chi connectivity index (χ1n) is 9.08. The lowest BCUT2D eigenvalue weighted by atomic mass is 10.1. The van der Waals surface area contributed by atoms with Crippen LogP contribution < -0.4 is 15.1 Å². The van der Waals surface area contributed by atoms with E-state index in [9.17, 15) is 4.79 Å². The number of benzene rings is 1. The van der Waals surface area contributed by atoms with Gasteiger partial charge >= 0.3 is 0 Å². The molecule has 3 heterocycles. The summed E-state index contributed by atoms with van der Waals surface area (Å²) in [7, 11) is 4.04. The fraction of sp³-hybridized carbons (Fsp3) is 0.350. The summed E-state index contributed by atoms with van der Waals surface area (Å²) in [6.07, 6.45) is 3.40. The van der Waals surface area contributed by atoms with E-state index in [0.29, 0.717) is 0 Å². The topological polar surface area (TPSA) is 61.4 Å². The monoisotopic (exact) mass is 381 g/mol. The maximum atomic E-state index is 13.0. The minimum absolute atomic E-state index is 0.0199. The predicted molar refractivity (Wildman–Crippen MR) is 112 cm³/mol. The van der Waals surface area contributed by atoms with Crippen molar-refractivity contribution < 1.29 is 4.79 Å². The zero-order valence-corrected chi connectivity index (χ0v) is 16.6. The van der Waals surface area contributed by atoms with Crippen LogP contribution in [0, 0.1) is 6.92 Å². The Hall–Kier alpha value is -2.67. The van der Waals surface area contributed by atoms with E-state index in [-0.39, 0.29) is 11.9 Å². The van der Waals surface area contributed by atoms with E-state index in [2.05, 4.69) is 32.0 Å². The molecule has 1 N–H and O–H groups in total. The van der Waals surface area contributed by atoms with E-state index >= 15 is 0 Å². The zero-order valence-electron chi connectivity index (χ0n) is 15.8. The Morgan fingerprint density at radius 3 is 2.93 bits per heavy atom. The molecule has 1 aliphatic heterocycles. The minimum Gasteiger partial charge on any atom is -0.377 e. The van der Waals surface area contributed by atoms with Crippen LogP contribution in [0.4, 0.5) is 17.2 Å². The van der Waals surface area contributed by atoms with Crippen molar-refractivity contribution in [3.05, 3.63) is 41.5 Å². The van der Waals surface area contributed by atoms with Crippen molar-refractivity contribution in [3.8, 4) is 0 Å². The molecule has 1 fully saturated rings. The number of aromatic nitrogens is 2.